The van der Waals surface area contributed by atoms with E-state index in [4.69, 9.17) is 9.15 Å². The van der Waals surface area contributed by atoms with E-state index in [0.717, 1.165) is 11.3 Å². The van der Waals surface area contributed by atoms with Gasteiger partial charge in [0, 0.05) is 6.08 Å². The maximum atomic E-state index is 12.1. The van der Waals surface area contributed by atoms with Gasteiger partial charge in [-0.3, -0.25) is 9.59 Å². The molecule has 0 spiro atoms. The molecule has 0 bridgehead atoms. The number of ketones is 1. The third-order valence-electron chi connectivity index (χ3n) is 3.17. The van der Waals surface area contributed by atoms with E-state index in [2.05, 4.69) is 4.98 Å². The maximum absolute atomic E-state index is 12.1. The van der Waals surface area contributed by atoms with Crippen LogP contribution in [0.1, 0.15) is 23.0 Å². The third-order valence-corrected chi connectivity index (χ3v) is 4.14. The molecule has 0 atom stereocenters. The fraction of sp³-hybridized carbons (Fsp3) is 0.111. The van der Waals surface area contributed by atoms with Gasteiger partial charge in [0.2, 0.25) is 5.78 Å². The topological polar surface area (TPSA) is 72.3 Å². The Morgan fingerprint density at radius 3 is 2.96 bits per heavy atom. The van der Waals surface area contributed by atoms with Gasteiger partial charge in [-0.2, -0.15) is 0 Å². The molecule has 0 aliphatic carbocycles. The highest BCUT2D eigenvalue weighted by Gasteiger charge is 2.05. The van der Waals surface area contributed by atoms with Crippen LogP contribution in [0.2, 0.25) is 0 Å². The van der Waals surface area contributed by atoms with Gasteiger partial charge in [0.1, 0.15) is 5.75 Å². The van der Waals surface area contributed by atoms with Crippen molar-refractivity contribution in [3.05, 3.63) is 73.5 Å². The summed E-state index contributed by atoms with van der Waals surface area (Å²) in [5.41, 5.74) is 0.623. The minimum absolute atomic E-state index is 0.235. The Morgan fingerprint density at radius 1 is 1.33 bits per heavy atom. The van der Waals surface area contributed by atoms with Crippen LogP contribution in [-0.4, -0.2) is 17.4 Å². The number of carbonyl (C=O) groups is 1. The summed E-state index contributed by atoms with van der Waals surface area (Å²) in [6, 6.07) is 10.7. The number of nitrogens with one attached hydrogen (secondary N) is 1. The first-order chi connectivity index (χ1) is 11.7. The van der Waals surface area contributed by atoms with Gasteiger partial charge in [0.05, 0.1) is 22.1 Å². The van der Waals surface area contributed by atoms with Crippen molar-refractivity contribution in [3.63, 3.8) is 0 Å². The second kappa shape index (κ2) is 7.14. The lowest BCUT2D eigenvalue weighted by Gasteiger charge is -2.02. The van der Waals surface area contributed by atoms with Crippen molar-refractivity contribution >= 4 is 29.3 Å². The zero-order chi connectivity index (χ0) is 16.9. The lowest BCUT2D eigenvalue weighted by Crippen LogP contribution is -2.20. The average Bonchev–Trinajstić information content (AvgIpc) is 3.19. The third kappa shape index (κ3) is 3.72. The molecule has 1 N–H and O–H groups in total. The van der Waals surface area contributed by atoms with Gasteiger partial charge in [-0.05, 0) is 42.8 Å². The molecule has 3 aromatic rings. The van der Waals surface area contributed by atoms with E-state index in [-0.39, 0.29) is 17.1 Å². The van der Waals surface area contributed by atoms with Crippen molar-refractivity contribution in [2.75, 3.05) is 6.61 Å². The smallest absolute Gasteiger partial charge is 0.266 e. The minimum Gasteiger partial charge on any atom is -0.494 e. The molecular formula is C18H15NO4S. The molecular weight excluding hydrogens is 326 g/mol. The van der Waals surface area contributed by atoms with Crippen molar-refractivity contribution in [2.24, 2.45) is 0 Å². The van der Waals surface area contributed by atoms with Crippen LogP contribution in [0.4, 0.5) is 0 Å². The van der Waals surface area contributed by atoms with Gasteiger partial charge in [-0.25, -0.2) is 0 Å². The number of hydrogen-bond donors (Lipinski definition) is 1. The van der Waals surface area contributed by atoms with E-state index >= 15 is 0 Å². The second-order valence-electron chi connectivity index (χ2n) is 4.92. The minimum atomic E-state index is -0.289. The summed E-state index contributed by atoms with van der Waals surface area (Å²) in [4.78, 5) is 26.7. The molecule has 0 aliphatic heterocycles. The first-order valence-electron chi connectivity index (χ1n) is 7.39. The molecule has 2 aromatic heterocycles. The molecule has 2 heterocycles. The fourth-order valence-electron chi connectivity index (χ4n) is 2.15. The molecule has 0 radical (unpaired) electrons. The molecule has 3 rings (SSSR count). The Kier molecular flexibility index (Phi) is 4.77. The average molecular weight is 341 g/mol. The lowest BCUT2D eigenvalue weighted by atomic mass is 10.2. The highest BCUT2D eigenvalue weighted by molar-refractivity contribution is 7.07. The zero-order valence-electron chi connectivity index (χ0n) is 12.9. The number of ether oxygens (including phenoxy) is 1. The molecule has 0 amide bonds. The van der Waals surface area contributed by atoms with E-state index in [0.29, 0.717) is 15.8 Å². The number of benzene rings is 1. The van der Waals surface area contributed by atoms with Gasteiger partial charge in [0.15, 0.2) is 5.76 Å². The SMILES string of the molecule is CCOc1cccc(C=c2sc(=CC(=O)c3ccco3)[nH]c2=O)c1. The number of aromatic nitrogens is 1. The van der Waals surface area contributed by atoms with E-state index in [1.807, 2.05) is 31.2 Å². The summed E-state index contributed by atoms with van der Waals surface area (Å²) in [5, 5.41) is 0. The highest BCUT2D eigenvalue weighted by atomic mass is 32.1. The zero-order valence-corrected chi connectivity index (χ0v) is 13.8. The van der Waals surface area contributed by atoms with E-state index in [1.54, 1.807) is 18.2 Å². The predicted molar refractivity (Wildman–Crippen MR) is 92.9 cm³/mol. The monoisotopic (exact) mass is 341 g/mol. The second-order valence-corrected chi connectivity index (χ2v) is 6.00. The summed E-state index contributed by atoms with van der Waals surface area (Å²) >= 11 is 1.22. The summed E-state index contributed by atoms with van der Waals surface area (Å²) in [5.74, 6) is 0.695. The molecule has 5 nitrogen and oxygen atoms in total. The fourth-order valence-corrected chi connectivity index (χ4v) is 3.03. The summed E-state index contributed by atoms with van der Waals surface area (Å²) in [7, 11) is 0. The number of carbonyl (C=O) groups excluding carboxylic acids is 1. The molecule has 0 saturated carbocycles. The van der Waals surface area contributed by atoms with Gasteiger partial charge in [-0.1, -0.05) is 12.1 Å². The Labute approximate surface area is 141 Å². The predicted octanol–water partition coefficient (Wildman–Crippen LogP) is 1.92. The quantitative estimate of drug-likeness (QED) is 0.720. The van der Waals surface area contributed by atoms with E-state index < -0.39 is 0 Å². The molecule has 24 heavy (non-hydrogen) atoms. The van der Waals surface area contributed by atoms with Crippen LogP contribution >= 0.6 is 11.3 Å². The number of hydrogen-bond acceptors (Lipinski definition) is 5. The van der Waals surface area contributed by atoms with Crippen LogP contribution in [0.15, 0.2) is 51.9 Å². The Balaban J connectivity index is 1.96. The van der Waals surface area contributed by atoms with Crippen molar-refractivity contribution in [2.45, 2.75) is 6.92 Å². The standard InChI is InChI=1S/C18H15NO4S/c1-2-22-13-6-3-5-12(9-13)10-16-18(21)19-17(24-16)11-14(20)15-7-4-8-23-15/h3-11H,2H2,1H3,(H,19,21). The van der Waals surface area contributed by atoms with Gasteiger partial charge < -0.3 is 14.1 Å². The maximum Gasteiger partial charge on any atom is 0.266 e. The summed E-state index contributed by atoms with van der Waals surface area (Å²) in [6.45, 7) is 2.50. The Morgan fingerprint density at radius 2 is 2.21 bits per heavy atom. The first kappa shape index (κ1) is 16.0. The normalized spacial score (nSPS) is 12.5. The largest absolute Gasteiger partial charge is 0.494 e. The first-order valence-corrected chi connectivity index (χ1v) is 8.20. The van der Waals surface area contributed by atoms with Gasteiger partial charge >= 0.3 is 0 Å². The molecule has 0 unspecified atom stereocenters. The van der Waals surface area contributed by atoms with Gasteiger partial charge in [-0.15, -0.1) is 11.3 Å². The Bertz CT molecular complexity index is 1010. The molecule has 0 aliphatic rings. The van der Waals surface area contributed by atoms with E-state index in [1.165, 1.54) is 23.7 Å². The van der Waals surface area contributed by atoms with Crippen LogP contribution in [-0.2, 0) is 0 Å². The van der Waals surface area contributed by atoms with Crippen LogP contribution < -0.4 is 19.5 Å². The molecule has 0 saturated heterocycles. The van der Waals surface area contributed by atoms with Crippen molar-refractivity contribution < 1.29 is 13.9 Å². The number of thiazole rings is 1. The number of furan rings is 1. The van der Waals surface area contributed by atoms with Crippen LogP contribution in [0.5, 0.6) is 5.75 Å². The molecule has 6 heteroatoms. The van der Waals surface area contributed by atoms with Crippen LogP contribution in [0, 0.1) is 0 Å². The van der Waals surface area contributed by atoms with Gasteiger partial charge in [0.25, 0.3) is 5.56 Å². The van der Waals surface area contributed by atoms with Crippen molar-refractivity contribution in [1.82, 2.24) is 4.98 Å². The number of H-pyrrole nitrogens is 1. The number of aromatic amines is 1. The van der Waals surface area contributed by atoms with Crippen molar-refractivity contribution in [1.29, 1.82) is 0 Å². The summed E-state index contributed by atoms with van der Waals surface area (Å²) < 4.78 is 11.5. The van der Waals surface area contributed by atoms with Crippen molar-refractivity contribution in [3.8, 4) is 5.75 Å². The molecule has 1 aromatic carbocycles. The highest BCUT2D eigenvalue weighted by Crippen LogP contribution is 2.13. The lowest BCUT2D eigenvalue weighted by molar-refractivity contribution is 0.103. The number of Topliss-reactive ketones (excluding diaryl/α,β-unsaturated/α-hetero) is 1. The molecule has 122 valence electrons. The summed E-state index contributed by atoms with van der Waals surface area (Å²) in [6.07, 6.45) is 4.56. The van der Waals surface area contributed by atoms with E-state index in [9.17, 15) is 9.59 Å². The Hall–Kier alpha value is -2.86. The number of rotatable bonds is 5. The van der Waals surface area contributed by atoms with Crippen LogP contribution in [0.25, 0.3) is 12.2 Å². The van der Waals surface area contributed by atoms with Crippen LogP contribution in [0.3, 0.4) is 0 Å². The molecule has 0 fully saturated rings.